The number of aromatic nitrogens is 2. The smallest absolute Gasteiger partial charge is 0.251 e. The van der Waals surface area contributed by atoms with Crippen LogP contribution in [0.15, 0.2) is 65.8 Å². The van der Waals surface area contributed by atoms with Gasteiger partial charge in [-0.15, -0.1) is 0 Å². The third-order valence-corrected chi connectivity index (χ3v) is 7.36. The number of nitrogens with zero attached hydrogens (tertiary/aromatic N) is 3. The highest BCUT2D eigenvalue weighted by Crippen LogP contribution is 2.29. The standard InChI is InChI=1S/C27H31ClN4OS/c1-32(23-13-6-3-7-14-23)25-18-24(28)30-27(31-25)34-19-21-11-8-12-22(17-21)26(33)29-16-15-20-9-4-2-5-10-20/h2,4-5,8-12,17-18,23H,3,6-7,13-16,19H2,1H3,(H,29,33). The van der Waals surface area contributed by atoms with Crippen molar-refractivity contribution >= 4 is 35.1 Å². The Morgan fingerprint density at radius 1 is 1.03 bits per heavy atom. The summed E-state index contributed by atoms with van der Waals surface area (Å²) in [6, 6.07) is 20.2. The molecule has 5 nitrogen and oxygen atoms in total. The van der Waals surface area contributed by atoms with Crippen LogP contribution >= 0.6 is 23.4 Å². The van der Waals surface area contributed by atoms with E-state index in [1.54, 1.807) is 0 Å². The molecule has 1 saturated carbocycles. The number of anilines is 1. The summed E-state index contributed by atoms with van der Waals surface area (Å²) < 4.78 is 0. The average molecular weight is 495 g/mol. The number of halogens is 1. The second-order valence-electron chi connectivity index (χ2n) is 8.71. The van der Waals surface area contributed by atoms with Gasteiger partial charge in [0, 0.05) is 37.0 Å². The molecule has 0 spiro atoms. The van der Waals surface area contributed by atoms with Crippen LogP contribution in [-0.2, 0) is 12.2 Å². The van der Waals surface area contributed by atoms with Crippen molar-refractivity contribution in [2.24, 2.45) is 0 Å². The molecular weight excluding hydrogens is 464 g/mol. The molecule has 0 bridgehead atoms. The van der Waals surface area contributed by atoms with Gasteiger partial charge in [0.15, 0.2) is 5.16 Å². The largest absolute Gasteiger partial charge is 0.357 e. The number of hydrogen-bond donors (Lipinski definition) is 1. The van der Waals surface area contributed by atoms with E-state index in [0.717, 1.165) is 17.8 Å². The van der Waals surface area contributed by atoms with E-state index in [2.05, 4.69) is 34.4 Å². The van der Waals surface area contributed by atoms with Gasteiger partial charge < -0.3 is 10.2 Å². The van der Waals surface area contributed by atoms with E-state index in [-0.39, 0.29) is 5.91 Å². The van der Waals surface area contributed by atoms with Gasteiger partial charge in [-0.1, -0.05) is 85.1 Å². The molecule has 1 N–H and O–H groups in total. The quantitative estimate of drug-likeness (QED) is 0.219. The van der Waals surface area contributed by atoms with Crippen molar-refractivity contribution in [1.29, 1.82) is 0 Å². The fourth-order valence-corrected chi connectivity index (χ4v) is 5.33. The van der Waals surface area contributed by atoms with Crippen molar-refractivity contribution in [3.05, 3.63) is 82.5 Å². The van der Waals surface area contributed by atoms with Gasteiger partial charge in [0.05, 0.1) is 0 Å². The molecule has 1 amide bonds. The summed E-state index contributed by atoms with van der Waals surface area (Å²) in [7, 11) is 2.10. The predicted molar refractivity (Wildman–Crippen MR) is 141 cm³/mol. The number of carbonyl (C=O) groups excluding carboxylic acids is 1. The molecule has 0 radical (unpaired) electrons. The van der Waals surface area contributed by atoms with Crippen molar-refractivity contribution < 1.29 is 4.79 Å². The van der Waals surface area contributed by atoms with Crippen LogP contribution in [0.2, 0.25) is 5.15 Å². The molecule has 3 aromatic rings. The minimum Gasteiger partial charge on any atom is -0.357 e. The monoisotopic (exact) mass is 494 g/mol. The molecule has 1 fully saturated rings. The van der Waals surface area contributed by atoms with Crippen LogP contribution in [0.3, 0.4) is 0 Å². The van der Waals surface area contributed by atoms with Crippen LogP contribution < -0.4 is 10.2 Å². The van der Waals surface area contributed by atoms with Gasteiger partial charge in [-0.05, 0) is 42.5 Å². The summed E-state index contributed by atoms with van der Waals surface area (Å²) in [5.74, 6) is 1.48. The van der Waals surface area contributed by atoms with Crippen LogP contribution in [0.5, 0.6) is 0 Å². The second kappa shape index (κ2) is 12.2. The molecular formula is C27H31ClN4OS. The fourth-order valence-electron chi connectivity index (χ4n) is 4.30. The topological polar surface area (TPSA) is 58.1 Å². The third kappa shape index (κ3) is 6.97. The first-order chi connectivity index (χ1) is 16.6. The van der Waals surface area contributed by atoms with Gasteiger partial charge in [0.2, 0.25) is 0 Å². The Bertz CT molecular complexity index is 1090. The molecule has 1 aromatic heterocycles. The molecule has 1 aliphatic carbocycles. The van der Waals surface area contributed by atoms with Gasteiger partial charge in [0.1, 0.15) is 11.0 Å². The molecule has 0 unspecified atom stereocenters. The lowest BCUT2D eigenvalue weighted by molar-refractivity contribution is 0.0954. The summed E-state index contributed by atoms with van der Waals surface area (Å²) in [6.45, 7) is 0.607. The maximum atomic E-state index is 12.6. The summed E-state index contributed by atoms with van der Waals surface area (Å²) in [5.41, 5.74) is 2.92. The molecule has 0 aliphatic heterocycles. The highest BCUT2D eigenvalue weighted by Gasteiger charge is 2.20. The fraction of sp³-hybridized carbons (Fsp3) is 0.370. The molecule has 1 aliphatic rings. The number of nitrogens with one attached hydrogen (secondary N) is 1. The first kappa shape index (κ1) is 24.6. The highest BCUT2D eigenvalue weighted by atomic mass is 35.5. The molecule has 1 heterocycles. The van der Waals surface area contributed by atoms with Crippen LogP contribution in [0, 0.1) is 0 Å². The number of rotatable bonds is 9. The molecule has 7 heteroatoms. The van der Waals surface area contributed by atoms with Crippen molar-refractivity contribution in [3.63, 3.8) is 0 Å². The van der Waals surface area contributed by atoms with Crippen LogP contribution in [0.4, 0.5) is 5.82 Å². The van der Waals surface area contributed by atoms with Crippen LogP contribution in [0.1, 0.15) is 53.6 Å². The van der Waals surface area contributed by atoms with Crippen molar-refractivity contribution in [2.75, 3.05) is 18.5 Å². The second-order valence-corrected chi connectivity index (χ2v) is 10.0. The van der Waals surface area contributed by atoms with Crippen molar-refractivity contribution in [2.45, 2.75) is 55.5 Å². The zero-order valence-electron chi connectivity index (χ0n) is 19.5. The van der Waals surface area contributed by atoms with E-state index in [1.807, 2.05) is 48.5 Å². The lowest BCUT2D eigenvalue weighted by atomic mass is 9.94. The Kier molecular flexibility index (Phi) is 8.83. The third-order valence-electron chi connectivity index (χ3n) is 6.24. The predicted octanol–water partition coefficient (Wildman–Crippen LogP) is 6.16. The van der Waals surface area contributed by atoms with E-state index in [0.29, 0.717) is 34.2 Å². The highest BCUT2D eigenvalue weighted by molar-refractivity contribution is 7.98. The van der Waals surface area contributed by atoms with Crippen LogP contribution in [0.25, 0.3) is 0 Å². The summed E-state index contributed by atoms with van der Waals surface area (Å²) in [5, 5.41) is 4.13. The Hall–Kier alpha value is -2.57. The molecule has 0 saturated heterocycles. The maximum Gasteiger partial charge on any atom is 0.251 e. The zero-order valence-corrected chi connectivity index (χ0v) is 21.1. The minimum atomic E-state index is -0.0572. The number of amides is 1. The molecule has 178 valence electrons. The summed E-state index contributed by atoms with van der Waals surface area (Å²) in [4.78, 5) is 24.0. The van der Waals surface area contributed by atoms with Gasteiger partial charge in [0.25, 0.3) is 5.91 Å². The Labute approximate surface area is 211 Å². The first-order valence-corrected chi connectivity index (χ1v) is 13.3. The Balaban J connectivity index is 1.34. The van der Waals surface area contributed by atoms with Crippen molar-refractivity contribution in [3.8, 4) is 0 Å². The lowest BCUT2D eigenvalue weighted by Gasteiger charge is -2.32. The molecule has 4 rings (SSSR count). The maximum absolute atomic E-state index is 12.6. The average Bonchev–Trinajstić information content (AvgIpc) is 2.88. The summed E-state index contributed by atoms with van der Waals surface area (Å²) >= 11 is 7.87. The normalized spacial score (nSPS) is 14.1. The number of hydrogen-bond acceptors (Lipinski definition) is 5. The zero-order chi connectivity index (χ0) is 23.8. The van der Waals surface area contributed by atoms with Gasteiger partial charge >= 0.3 is 0 Å². The van der Waals surface area contributed by atoms with Gasteiger partial charge in [-0.3, -0.25) is 4.79 Å². The molecule has 2 aromatic carbocycles. The van der Waals surface area contributed by atoms with E-state index < -0.39 is 0 Å². The van der Waals surface area contributed by atoms with E-state index in [4.69, 9.17) is 16.6 Å². The molecule has 0 atom stereocenters. The number of benzene rings is 2. The number of thioether (sulfide) groups is 1. The van der Waals surface area contributed by atoms with Gasteiger partial charge in [-0.2, -0.15) is 0 Å². The first-order valence-electron chi connectivity index (χ1n) is 11.9. The van der Waals surface area contributed by atoms with E-state index in [9.17, 15) is 4.79 Å². The lowest BCUT2D eigenvalue weighted by Crippen LogP contribution is -2.34. The Morgan fingerprint density at radius 2 is 1.79 bits per heavy atom. The van der Waals surface area contributed by atoms with Gasteiger partial charge in [-0.25, -0.2) is 9.97 Å². The van der Waals surface area contributed by atoms with Crippen molar-refractivity contribution in [1.82, 2.24) is 15.3 Å². The molecule has 34 heavy (non-hydrogen) atoms. The van der Waals surface area contributed by atoms with E-state index >= 15 is 0 Å². The van der Waals surface area contributed by atoms with Crippen LogP contribution in [-0.4, -0.2) is 35.5 Å². The van der Waals surface area contributed by atoms with E-state index in [1.165, 1.54) is 49.4 Å². The Morgan fingerprint density at radius 3 is 2.59 bits per heavy atom. The SMILES string of the molecule is CN(c1cc(Cl)nc(SCc2cccc(C(=O)NCCc3ccccc3)c2)n1)C1CCCCC1. The summed E-state index contributed by atoms with van der Waals surface area (Å²) in [6.07, 6.45) is 7.06. The minimum absolute atomic E-state index is 0.0572. The number of carbonyl (C=O) groups is 1.